The minimum atomic E-state index is 0.177. The first-order valence-electron chi connectivity index (χ1n) is 8.14. The van der Waals surface area contributed by atoms with Gasteiger partial charge in [0.25, 0.3) is 0 Å². The van der Waals surface area contributed by atoms with E-state index in [4.69, 9.17) is 5.41 Å². The van der Waals surface area contributed by atoms with Gasteiger partial charge in [-0.15, -0.1) is 0 Å². The number of aryl methyl sites for hydroxylation is 2. The quantitative estimate of drug-likeness (QED) is 0.772. The molecule has 4 rings (SSSR count). The third kappa shape index (κ3) is 2.55. The normalized spacial score (nSPS) is 14.8. The molecular formula is C19H19N5O. The van der Waals surface area contributed by atoms with Gasteiger partial charge in [-0.2, -0.15) is 0 Å². The molecule has 1 aliphatic heterocycles. The average Bonchev–Trinajstić information content (AvgIpc) is 3.05. The summed E-state index contributed by atoms with van der Waals surface area (Å²) in [6.07, 6.45) is 1.73. The molecule has 0 saturated carbocycles. The largest absolute Gasteiger partial charge is 0.510 e. The van der Waals surface area contributed by atoms with Gasteiger partial charge in [0.1, 0.15) is 17.4 Å². The second-order valence-electron chi connectivity index (χ2n) is 6.33. The highest BCUT2D eigenvalue weighted by molar-refractivity contribution is 6.23. The van der Waals surface area contributed by atoms with Gasteiger partial charge in [-0.05, 0) is 36.8 Å². The van der Waals surface area contributed by atoms with Crippen LogP contribution < -0.4 is 0 Å². The van der Waals surface area contributed by atoms with Crippen LogP contribution in [0.2, 0.25) is 0 Å². The number of benzene rings is 1. The Morgan fingerprint density at radius 2 is 2.08 bits per heavy atom. The first-order chi connectivity index (χ1) is 12.0. The Bertz CT molecular complexity index is 1000. The Morgan fingerprint density at radius 3 is 2.84 bits per heavy atom. The van der Waals surface area contributed by atoms with Crippen LogP contribution in [0.25, 0.3) is 16.6 Å². The van der Waals surface area contributed by atoms with Gasteiger partial charge in [0.15, 0.2) is 0 Å². The summed E-state index contributed by atoms with van der Waals surface area (Å²) in [4.78, 5) is 10.8. The summed E-state index contributed by atoms with van der Waals surface area (Å²) in [6.45, 7) is 2.81. The van der Waals surface area contributed by atoms with Gasteiger partial charge < -0.3 is 14.6 Å². The highest BCUT2D eigenvalue weighted by Gasteiger charge is 2.31. The first kappa shape index (κ1) is 15.4. The fourth-order valence-corrected chi connectivity index (χ4v) is 3.22. The van der Waals surface area contributed by atoms with Crippen LogP contribution in [0.4, 0.5) is 0 Å². The van der Waals surface area contributed by atoms with E-state index in [1.165, 1.54) is 0 Å². The average molecular weight is 333 g/mol. The standard InChI is InChI=1S/C19H19N5O/c1-12-6-7-15-14(9-12)22-19(23(15)2)17-16(25)11-24(18(17)20)10-13-5-3-4-8-21-13/h3-9,20,25H,10-11H2,1-2H3. The molecule has 1 aliphatic rings. The van der Waals surface area contributed by atoms with E-state index in [2.05, 4.69) is 9.97 Å². The molecule has 0 atom stereocenters. The van der Waals surface area contributed by atoms with Gasteiger partial charge in [0.2, 0.25) is 0 Å². The summed E-state index contributed by atoms with van der Waals surface area (Å²) in [7, 11) is 1.91. The van der Waals surface area contributed by atoms with Crippen molar-refractivity contribution in [3.8, 4) is 0 Å². The third-order valence-corrected chi connectivity index (χ3v) is 4.52. The van der Waals surface area contributed by atoms with Gasteiger partial charge in [0.05, 0.1) is 35.4 Å². The summed E-state index contributed by atoms with van der Waals surface area (Å²) in [5.41, 5.74) is 4.34. The number of nitrogens with zero attached hydrogens (tertiary/aromatic N) is 4. The Hall–Kier alpha value is -3.15. The summed E-state index contributed by atoms with van der Waals surface area (Å²) in [5, 5.41) is 19.0. The van der Waals surface area contributed by atoms with Crippen LogP contribution in [-0.2, 0) is 13.6 Å². The van der Waals surface area contributed by atoms with E-state index in [0.29, 0.717) is 24.5 Å². The zero-order valence-electron chi connectivity index (χ0n) is 14.2. The van der Waals surface area contributed by atoms with Crippen molar-refractivity contribution in [3.05, 3.63) is 65.4 Å². The Balaban J connectivity index is 1.70. The van der Waals surface area contributed by atoms with Crippen LogP contribution in [0, 0.1) is 12.3 Å². The van der Waals surface area contributed by atoms with E-state index in [-0.39, 0.29) is 11.6 Å². The number of pyridine rings is 1. The maximum atomic E-state index is 10.5. The zero-order valence-corrected chi connectivity index (χ0v) is 14.2. The molecule has 0 fully saturated rings. The lowest BCUT2D eigenvalue weighted by atomic mass is 10.2. The Labute approximate surface area is 145 Å². The van der Waals surface area contributed by atoms with Crippen LogP contribution >= 0.6 is 0 Å². The van der Waals surface area contributed by atoms with Crippen LogP contribution in [0.5, 0.6) is 0 Å². The SMILES string of the molecule is Cc1ccc2c(c1)nc(C1=C(O)CN(Cc3ccccn3)C1=N)n2C. The number of nitrogens with one attached hydrogen (secondary N) is 1. The number of fused-ring (bicyclic) bond motifs is 1. The second kappa shape index (κ2) is 5.73. The van der Waals surface area contributed by atoms with Crippen LogP contribution in [0.1, 0.15) is 17.1 Å². The van der Waals surface area contributed by atoms with E-state index >= 15 is 0 Å². The van der Waals surface area contributed by atoms with Crippen molar-refractivity contribution in [1.82, 2.24) is 19.4 Å². The number of amidine groups is 1. The van der Waals surface area contributed by atoms with E-state index in [1.54, 1.807) is 11.1 Å². The Kier molecular flexibility index (Phi) is 3.53. The van der Waals surface area contributed by atoms with Crippen LogP contribution in [0.3, 0.4) is 0 Å². The molecule has 0 spiro atoms. The van der Waals surface area contributed by atoms with Crippen molar-refractivity contribution in [2.24, 2.45) is 7.05 Å². The lowest BCUT2D eigenvalue weighted by Crippen LogP contribution is -2.26. The van der Waals surface area contributed by atoms with Gasteiger partial charge >= 0.3 is 0 Å². The van der Waals surface area contributed by atoms with Gasteiger partial charge in [-0.3, -0.25) is 10.4 Å². The molecule has 0 saturated heterocycles. The zero-order chi connectivity index (χ0) is 17.6. The van der Waals surface area contributed by atoms with Gasteiger partial charge in [0, 0.05) is 13.2 Å². The molecule has 6 heteroatoms. The van der Waals surface area contributed by atoms with Gasteiger partial charge in [-0.1, -0.05) is 12.1 Å². The molecule has 2 aromatic heterocycles. The van der Waals surface area contributed by atoms with Crippen molar-refractivity contribution in [1.29, 1.82) is 5.41 Å². The Morgan fingerprint density at radius 1 is 1.24 bits per heavy atom. The van der Waals surface area contributed by atoms with Crippen molar-refractivity contribution < 1.29 is 5.11 Å². The van der Waals surface area contributed by atoms with E-state index in [9.17, 15) is 5.11 Å². The predicted octanol–water partition coefficient (Wildman–Crippen LogP) is 3.04. The topological polar surface area (TPSA) is 78.0 Å². The highest BCUT2D eigenvalue weighted by atomic mass is 16.3. The van der Waals surface area contributed by atoms with Gasteiger partial charge in [-0.25, -0.2) is 4.98 Å². The molecule has 1 aromatic carbocycles. The number of imidazole rings is 1. The molecule has 2 N–H and O–H groups in total. The van der Waals surface area contributed by atoms with Crippen molar-refractivity contribution in [2.75, 3.05) is 6.54 Å². The molecule has 0 unspecified atom stereocenters. The second-order valence-corrected chi connectivity index (χ2v) is 6.33. The predicted molar refractivity (Wildman–Crippen MR) is 97.4 cm³/mol. The molecule has 6 nitrogen and oxygen atoms in total. The molecule has 0 aliphatic carbocycles. The number of hydrogen-bond donors (Lipinski definition) is 2. The molecule has 3 aromatic rings. The smallest absolute Gasteiger partial charge is 0.148 e. The maximum Gasteiger partial charge on any atom is 0.148 e. The number of rotatable bonds is 3. The molecule has 3 heterocycles. The monoisotopic (exact) mass is 333 g/mol. The molecule has 0 amide bonds. The third-order valence-electron chi connectivity index (χ3n) is 4.52. The van der Waals surface area contributed by atoms with E-state index < -0.39 is 0 Å². The van der Waals surface area contributed by atoms with Crippen molar-refractivity contribution in [3.63, 3.8) is 0 Å². The van der Waals surface area contributed by atoms with Crippen molar-refractivity contribution >= 4 is 22.4 Å². The number of aliphatic hydroxyl groups is 1. The first-order valence-corrected chi connectivity index (χ1v) is 8.14. The number of hydrogen-bond acceptors (Lipinski definition) is 4. The number of aliphatic hydroxyl groups excluding tert-OH is 1. The molecule has 25 heavy (non-hydrogen) atoms. The summed E-state index contributed by atoms with van der Waals surface area (Å²) in [6, 6.07) is 11.8. The highest BCUT2D eigenvalue weighted by Crippen LogP contribution is 2.29. The summed E-state index contributed by atoms with van der Waals surface area (Å²) >= 11 is 0. The summed E-state index contributed by atoms with van der Waals surface area (Å²) in [5.74, 6) is 1.07. The van der Waals surface area contributed by atoms with E-state index in [0.717, 1.165) is 22.3 Å². The van der Waals surface area contributed by atoms with Crippen LogP contribution in [-0.4, -0.2) is 36.9 Å². The molecule has 0 bridgehead atoms. The minimum absolute atomic E-state index is 0.177. The maximum absolute atomic E-state index is 10.5. The lowest BCUT2D eigenvalue weighted by Gasteiger charge is -2.18. The lowest BCUT2D eigenvalue weighted by molar-refractivity contribution is 0.345. The van der Waals surface area contributed by atoms with Crippen molar-refractivity contribution in [2.45, 2.75) is 13.5 Å². The minimum Gasteiger partial charge on any atom is -0.510 e. The fraction of sp³-hybridized carbons (Fsp3) is 0.211. The molecular weight excluding hydrogens is 314 g/mol. The van der Waals surface area contributed by atoms with Crippen LogP contribution in [0.15, 0.2) is 48.4 Å². The number of aromatic nitrogens is 3. The van der Waals surface area contributed by atoms with E-state index in [1.807, 2.05) is 54.9 Å². The fourth-order valence-electron chi connectivity index (χ4n) is 3.22. The summed E-state index contributed by atoms with van der Waals surface area (Å²) < 4.78 is 1.93. The molecule has 0 radical (unpaired) electrons. The molecule has 126 valence electrons.